The van der Waals surface area contributed by atoms with Gasteiger partial charge >= 0.3 is 6.55 Å². The first-order valence-corrected chi connectivity index (χ1v) is 8.00. The molecule has 2 rings (SSSR count). The number of aromatic nitrogens is 2. The lowest BCUT2D eigenvalue weighted by Gasteiger charge is -2.09. The first kappa shape index (κ1) is 15.4. The maximum atomic E-state index is 12.8. The quantitative estimate of drug-likeness (QED) is 0.891. The monoisotopic (exact) mass is 315 g/mol. The van der Waals surface area contributed by atoms with Crippen molar-refractivity contribution in [1.82, 2.24) is 9.55 Å². The molecule has 0 radical (unpaired) electrons. The van der Waals surface area contributed by atoms with Crippen LogP contribution in [0.3, 0.4) is 0 Å². The van der Waals surface area contributed by atoms with E-state index in [4.69, 9.17) is 0 Å². The summed E-state index contributed by atoms with van der Waals surface area (Å²) in [4.78, 5) is 3.89. The minimum absolute atomic E-state index is 0.0323. The van der Waals surface area contributed by atoms with Gasteiger partial charge in [0.25, 0.3) is 0 Å². The fourth-order valence-corrected chi connectivity index (χ4v) is 3.02. The lowest BCUT2D eigenvalue weighted by atomic mass is 10.2. The van der Waals surface area contributed by atoms with Crippen LogP contribution in [-0.2, 0) is 10.0 Å². The Hall–Kier alpha value is -1.96. The van der Waals surface area contributed by atoms with Crippen molar-refractivity contribution in [2.24, 2.45) is 0 Å². The minimum Gasteiger partial charge on any atom is -0.284 e. The van der Waals surface area contributed by atoms with E-state index in [0.29, 0.717) is 17.7 Å². The molecule has 0 saturated carbocycles. The molecule has 114 valence electrons. The van der Waals surface area contributed by atoms with E-state index < -0.39 is 16.6 Å². The van der Waals surface area contributed by atoms with Crippen LogP contribution in [0.4, 0.5) is 14.5 Å². The molecule has 0 spiro atoms. The van der Waals surface area contributed by atoms with Gasteiger partial charge in [-0.15, -0.1) is 0 Å². The molecule has 21 heavy (non-hydrogen) atoms. The number of hydrogen-bond acceptors (Lipinski definition) is 3. The van der Waals surface area contributed by atoms with E-state index in [1.165, 1.54) is 24.5 Å². The van der Waals surface area contributed by atoms with Gasteiger partial charge in [0.2, 0.25) is 10.0 Å². The zero-order valence-electron chi connectivity index (χ0n) is 11.3. The van der Waals surface area contributed by atoms with Gasteiger partial charge in [-0.05, 0) is 30.7 Å². The second kappa shape index (κ2) is 6.21. The summed E-state index contributed by atoms with van der Waals surface area (Å²) in [6.45, 7) is -0.905. The zero-order chi connectivity index (χ0) is 15.5. The summed E-state index contributed by atoms with van der Waals surface area (Å²) in [6.07, 6.45) is 3.00. The average Bonchev–Trinajstić information content (AvgIpc) is 2.88. The van der Waals surface area contributed by atoms with Crippen molar-refractivity contribution in [3.8, 4) is 11.4 Å². The van der Waals surface area contributed by atoms with Crippen molar-refractivity contribution in [2.45, 2.75) is 19.9 Å². The molecule has 0 aliphatic carbocycles. The SMILES string of the molecule is CCCS(=O)(=O)Nc1ccc(-c2nccn2C(F)F)cc1. The van der Waals surface area contributed by atoms with Gasteiger partial charge in [0.1, 0.15) is 5.82 Å². The largest absolute Gasteiger partial charge is 0.320 e. The number of imidazole rings is 1. The lowest BCUT2D eigenvalue weighted by molar-refractivity contribution is 0.0720. The highest BCUT2D eigenvalue weighted by molar-refractivity contribution is 7.92. The second-order valence-corrected chi connectivity index (χ2v) is 6.28. The molecule has 1 aromatic heterocycles. The molecular formula is C13H15F2N3O2S. The number of benzene rings is 1. The molecule has 2 aromatic rings. The number of halogens is 2. The molecule has 0 atom stereocenters. The van der Waals surface area contributed by atoms with E-state index in [-0.39, 0.29) is 11.6 Å². The van der Waals surface area contributed by atoms with Crippen LogP contribution in [0.2, 0.25) is 0 Å². The summed E-state index contributed by atoms with van der Waals surface area (Å²) < 4.78 is 52.0. The fraction of sp³-hybridized carbons (Fsp3) is 0.308. The van der Waals surface area contributed by atoms with Crippen LogP contribution in [0.5, 0.6) is 0 Å². The van der Waals surface area contributed by atoms with Crippen LogP contribution in [-0.4, -0.2) is 23.7 Å². The Labute approximate surface area is 121 Å². The number of alkyl halides is 2. The topological polar surface area (TPSA) is 64.0 Å². The molecule has 1 heterocycles. The predicted octanol–water partition coefficient (Wildman–Crippen LogP) is 3.10. The lowest BCUT2D eigenvalue weighted by Crippen LogP contribution is -2.15. The molecule has 0 fully saturated rings. The molecule has 8 heteroatoms. The molecule has 0 saturated heterocycles. The third kappa shape index (κ3) is 3.78. The van der Waals surface area contributed by atoms with Gasteiger partial charge in [-0.1, -0.05) is 6.92 Å². The Kier molecular flexibility index (Phi) is 4.56. The number of rotatable bonds is 6. The molecule has 1 N–H and O–H groups in total. The number of hydrogen-bond donors (Lipinski definition) is 1. The highest BCUT2D eigenvalue weighted by atomic mass is 32.2. The Balaban J connectivity index is 2.21. The summed E-state index contributed by atoms with van der Waals surface area (Å²) in [7, 11) is -3.36. The van der Waals surface area contributed by atoms with Gasteiger partial charge < -0.3 is 0 Å². The number of nitrogens with one attached hydrogen (secondary N) is 1. The van der Waals surface area contributed by atoms with Gasteiger partial charge in [0.05, 0.1) is 5.75 Å². The Morgan fingerprint density at radius 2 is 1.95 bits per heavy atom. The van der Waals surface area contributed by atoms with E-state index >= 15 is 0 Å². The Morgan fingerprint density at radius 3 is 2.52 bits per heavy atom. The average molecular weight is 315 g/mol. The summed E-state index contributed by atoms with van der Waals surface area (Å²) in [5, 5.41) is 0. The van der Waals surface area contributed by atoms with Crippen molar-refractivity contribution in [1.29, 1.82) is 0 Å². The molecular weight excluding hydrogens is 300 g/mol. The predicted molar refractivity (Wildman–Crippen MR) is 76.6 cm³/mol. The number of anilines is 1. The first-order valence-electron chi connectivity index (χ1n) is 6.35. The van der Waals surface area contributed by atoms with Crippen molar-refractivity contribution < 1.29 is 17.2 Å². The zero-order valence-corrected chi connectivity index (χ0v) is 12.1. The standard InChI is InChI=1S/C13H15F2N3O2S/c1-2-9-21(19,20)17-11-5-3-10(4-6-11)12-16-7-8-18(12)13(14)15/h3-8,13,17H,2,9H2,1H3. The van der Waals surface area contributed by atoms with Crippen molar-refractivity contribution in [2.75, 3.05) is 10.5 Å². The van der Waals surface area contributed by atoms with Crippen LogP contribution >= 0.6 is 0 Å². The van der Waals surface area contributed by atoms with Crippen LogP contribution in [0.15, 0.2) is 36.7 Å². The van der Waals surface area contributed by atoms with Crippen molar-refractivity contribution >= 4 is 15.7 Å². The minimum atomic E-state index is -3.36. The summed E-state index contributed by atoms with van der Waals surface area (Å²) in [5.74, 6) is 0.165. The van der Waals surface area contributed by atoms with Crippen LogP contribution < -0.4 is 4.72 Å². The van der Waals surface area contributed by atoms with E-state index in [9.17, 15) is 17.2 Å². The molecule has 0 aliphatic heterocycles. The maximum absolute atomic E-state index is 12.8. The van der Waals surface area contributed by atoms with Crippen LogP contribution in [0, 0.1) is 0 Å². The Morgan fingerprint density at radius 1 is 1.29 bits per heavy atom. The van der Waals surface area contributed by atoms with E-state index in [0.717, 1.165) is 4.57 Å². The normalized spacial score (nSPS) is 11.8. The highest BCUT2D eigenvalue weighted by Crippen LogP contribution is 2.24. The number of nitrogens with zero attached hydrogens (tertiary/aromatic N) is 2. The van der Waals surface area contributed by atoms with Gasteiger partial charge in [0, 0.05) is 23.6 Å². The van der Waals surface area contributed by atoms with E-state index in [1.54, 1.807) is 19.1 Å². The van der Waals surface area contributed by atoms with Gasteiger partial charge in [-0.2, -0.15) is 8.78 Å². The van der Waals surface area contributed by atoms with Crippen LogP contribution in [0.25, 0.3) is 11.4 Å². The van der Waals surface area contributed by atoms with Crippen LogP contribution in [0.1, 0.15) is 19.9 Å². The first-order chi connectivity index (χ1) is 9.93. The van der Waals surface area contributed by atoms with E-state index in [2.05, 4.69) is 9.71 Å². The van der Waals surface area contributed by atoms with Gasteiger partial charge in [-0.3, -0.25) is 9.29 Å². The molecule has 0 amide bonds. The third-order valence-corrected chi connectivity index (χ3v) is 4.26. The van der Waals surface area contributed by atoms with E-state index in [1.807, 2.05) is 0 Å². The third-order valence-electron chi connectivity index (χ3n) is 2.77. The van der Waals surface area contributed by atoms with Crippen molar-refractivity contribution in [3.63, 3.8) is 0 Å². The summed E-state index contributed by atoms with van der Waals surface area (Å²) >= 11 is 0. The van der Waals surface area contributed by atoms with Crippen molar-refractivity contribution in [3.05, 3.63) is 36.7 Å². The van der Waals surface area contributed by atoms with Gasteiger partial charge in [-0.25, -0.2) is 13.4 Å². The highest BCUT2D eigenvalue weighted by Gasteiger charge is 2.13. The maximum Gasteiger partial charge on any atom is 0.320 e. The molecule has 0 aliphatic rings. The summed E-state index contributed by atoms with van der Waals surface area (Å²) in [5.41, 5.74) is 0.876. The summed E-state index contributed by atoms with van der Waals surface area (Å²) in [6, 6.07) is 6.14. The molecule has 0 unspecified atom stereocenters. The number of sulfonamides is 1. The smallest absolute Gasteiger partial charge is 0.284 e. The van der Waals surface area contributed by atoms with Gasteiger partial charge in [0.15, 0.2) is 0 Å². The Bertz CT molecular complexity index is 696. The molecule has 0 bridgehead atoms. The molecule has 5 nitrogen and oxygen atoms in total. The fourth-order valence-electron chi connectivity index (χ4n) is 1.88. The molecule has 1 aromatic carbocycles. The second-order valence-electron chi connectivity index (χ2n) is 4.43.